The van der Waals surface area contributed by atoms with Crippen molar-refractivity contribution in [3.8, 4) is 22.6 Å². The molecule has 0 spiro atoms. The highest BCUT2D eigenvalue weighted by Crippen LogP contribution is 2.41. The molecule has 0 unspecified atom stereocenters. The molecule has 0 radical (unpaired) electrons. The number of benzene rings is 2. The van der Waals surface area contributed by atoms with Crippen molar-refractivity contribution in [1.29, 1.82) is 0 Å². The number of halogens is 1. The van der Waals surface area contributed by atoms with Gasteiger partial charge in [-0.3, -0.25) is 14.9 Å². The predicted molar refractivity (Wildman–Crippen MR) is 86.2 cm³/mol. The average Bonchev–Trinajstić information content (AvgIpc) is 2.50. The molecule has 0 fully saturated rings. The fraction of sp³-hybridized carbons (Fsp3) is 0.133. The third-order valence-corrected chi connectivity index (χ3v) is 3.75. The summed E-state index contributed by atoms with van der Waals surface area (Å²) >= 11 is 6.05. The fourth-order valence-electron chi connectivity index (χ4n) is 2.20. The second-order valence-corrected chi connectivity index (χ2v) is 5.46. The Morgan fingerprint density at radius 1 is 1.25 bits per heavy atom. The number of carboxylic acids is 1. The van der Waals surface area contributed by atoms with E-state index < -0.39 is 22.6 Å². The lowest BCUT2D eigenvalue weighted by molar-refractivity contribution is -0.384. The van der Waals surface area contributed by atoms with E-state index in [9.17, 15) is 25.1 Å². The van der Waals surface area contributed by atoms with Crippen LogP contribution in [-0.4, -0.2) is 32.3 Å². The summed E-state index contributed by atoms with van der Waals surface area (Å²) in [5.41, 5.74) is 5.44. The van der Waals surface area contributed by atoms with E-state index in [0.717, 1.165) is 6.07 Å². The summed E-state index contributed by atoms with van der Waals surface area (Å²) < 4.78 is 0. The molecule has 1 atom stereocenters. The first-order chi connectivity index (χ1) is 11.2. The summed E-state index contributed by atoms with van der Waals surface area (Å²) in [6.45, 7) is 0. The minimum atomic E-state index is -1.26. The number of hydrogen-bond acceptors (Lipinski definition) is 6. The molecule has 24 heavy (non-hydrogen) atoms. The van der Waals surface area contributed by atoms with Gasteiger partial charge in [0.2, 0.25) is 0 Å². The molecule has 0 aliphatic carbocycles. The van der Waals surface area contributed by atoms with Crippen molar-refractivity contribution in [2.75, 3.05) is 0 Å². The third-order valence-electron chi connectivity index (χ3n) is 3.35. The van der Waals surface area contributed by atoms with Gasteiger partial charge in [-0.2, -0.15) is 0 Å². The van der Waals surface area contributed by atoms with Crippen LogP contribution < -0.4 is 5.73 Å². The van der Waals surface area contributed by atoms with Gasteiger partial charge in [0.1, 0.15) is 22.6 Å². The van der Waals surface area contributed by atoms with E-state index in [4.69, 9.17) is 22.4 Å². The van der Waals surface area contributed by atoms with E-state index in [0.29, 0.717) is 0 Å². The van der Waals surface area contributed by atoms with Gasteiger partial charge >= 0.3 is 5.97 Å². The maximum atomic E-state index is 11.2. The first kappa shape index (κ1) is 17.5. The van der Waals surface area contributed by atoms with Crippen molar-refractivity contribution in [2.24, 2.45) is 5.73 Å². The highest BCUT2D eigenvalue weighted by Gasteiger charge is 2.23. The Balaban J connectivity index is 2.65. The normalized spacial score (nSPS) is 11.9. The molecule has 126 valence electrons. The van der Waals surface area contributed by atoms with Gasteiger partial charge in [0.25, 0.3) is 5.69 Å². The van der Waals surface area contributed by atoms with Crippen molar-refractivity contribution < 1.29 is 25.0 Å². The second kappa shape index (κ2) is 6.73. The first-order valence-corrected chi connectivity index (χ1v) is 7.06. The van der Waals surface area contributed by atoms with Crippen LogP contribution in [0.1, 0.15) is 5.56 Å². The van der Waals surface area contributed by atoms with Crippen molar-refractivity contribution in [3.63, 3.8) is 0 Å². The van der Waals surface area contributed by atoms with Crippen LogP contribution in [0.4, 0.5) is 5.69 Å². The summed E-state index contributed by atoms with van der Waals surface area (Å²) in [6, 6.07) is 4.92. The number of hydrogen-bond donors (Lipinski definition) is 4. The van der Waals surface area contributed by atoms with Crippen LogP contribution in [0.2, 0.25) is 5.02 Å². The summed E-state index contributed by atoms with van der Waals surface area (Å²) in [7, 11) is 0. The molecule has 0 bridgehead atoms. The highest BCUT2D eigenvalue weighted by molar-refractivity contribution is 6.35. The zero-order chi connectivity index (χ0) is 18.0. The topological polar surface area (TPSA) is 147 Å². The smallest absolute Gasteiger partial charge is 0.320 e. The molecule has 0 saturated heterocycles. The fourth-order valence-corrected chi connectivity index (χ4v) is 2.47. The molecule has 0 aliphatic rings. The number of carbonyl (C=O) groups is 1. The lowest BCUT2D eigenvalue weighted by atomic mass is 9.97. The number of phenols is 2. The molecular formula is C15H13ClN2O6. The zero-order valence-corrected chi connectivity index (χ0v) is 12.9. The van der Waals surface area contributed by atoms with Gasteiger partial charge in [-0.1, -0.05) is 11.6 Å². The zero-order valence-electron chi connectivity index (χ0n) is 12.1. The van der Waals surface area contributed by atoms with Crippen LogP contribution >= 0.6 is 11.6 Å². The molecule has 5 N–H and O–H groups in total. The minimum absolute atomic E-state index is 0.0776. The number of carboxylic acid groups (broad SMARTS) is 1. The molecule has 2 rings (SSSR count). The quantitative estimate of drug-likeness (QED) is 0.366. The number of phenolic OH excluding ortho intramolecular Hbond substituents is 2. The van der Waals surface area contributed by atoms with E-state index in [1.807, 2.05) is 0 Å². The minimum Gasteiger partial charge on any atom is -0.508 e. The lowest BCUT2D eigenvalue weighted by Crippen LogP contribution is -2.32. The molecule has 2 aromatic rings. The van der Waals surface area contributed by atoms with Crippen LogP contribution in [0.15, 0.2) is 30.3 Å². The van der Waals surface area contributed by atoms with Crippen LogP contribution in [0, 0.1) is 10.1 Å². The van der Waals surface area contributed by atoms with E-state index in [1.165, 1.54) is 24.3 Å². The maximum absolute atomic E-state index is 11.2. The molecule has 0 amide bonds. The molecular weight excluding hydrogens is 340 g/mol. The third kappa shape index (κ3) is 3.55. The SMILES string of the molecule is N[C@@H](Cc1cc(-c2cc(O)ccc2O)c(Cl)c([N+](=O)[O-])c1)C(=O)O. The number of aliphatic carboxylic acids is 1. The van der Waals surface area contributed by atoms with Crippen molar-refractivity contribution in [2.45, 2.75) is 12.5 Å². The summed E-state index contributed by atoms with van der Waals surface area (Å²) in [5.74, 6) is -1.67. The predicted octanol–water partition coefficient (Wildman–Crippen LogP) is 2.28. The Bertz CT molecular complexity index is 824. The molecule has 8 nitrogen and oxygen atoms in total. The molecule has 9 heteroatoms. The van der Waals surface area contributed by atoms with Gasteiger partial charge in [0.05, 0.1) is 4.92 Å². The monoisotopic (exact) mass is 352 g/mol. The van der Waals surface area contributed by atoms with Crippen LogP contribution in [0.3, 0.4) is 0 Å². The molecule has 2 aromatic carbocycles. The van der Waals surface area contributed by atoms with Crippen molar-refractivity contribution in [3.05, 3.63) is 51.0 Å². The molecule has 0 aromatic heterocycles. The first-order valence-electron chi connectivity index (χ1n) is 6.68. The van der Waals surface area contributed by atoms with Gasteiger partial charge in [-0.15, -0.1) is 0 Å². The highest BCUT2D eigenvalue weighted by atomic mass is 35.5. The Hall–Kier alpha value is -2.84. The maximum Gasteiger partial charge on any atom is 0.320 e. The van der Waals surface area contributed by atoms with E-state index in [1.54, 1.807) is 0 Å². The number of aromatic hydroxyl groups is 2. The van der Waals surface area contributed by atoms with Gasteiger partial charge in [0.15, 0.2) is 0 Å². The molecule has 0 saturated carbocycles. The molecule has 0 heterocycles. The largest absolute Gasteiger partial charge is 0.508 e. The Morgan fingerprint density at radius 2 is 1.92 bits per heavy atom. The van der Waals surface area contributed by atoms with E-state index in [2.05, 4.69) is 0 Å². The number of nitrogens with zero attached hydrogens (tertiary/aromatic N) is 1. The second-order valence-electron chi connectivity index (χ2n) is 5.08. The summed E-state index contributed by atoms with van der Waals surface area (Å²) in [5, 5.41) is 39.3. The van der Waals surface area contributed by atoms with Gasteiger partial charge < -0.3 is 21.1 Å². The molecule has 0 aliphatic heterocycles. The van der Waals surface area contributed by atoms with Gasteiger partial charge in [-0.25, -0.2) is 0 Å². The Kier molecular flexibility index (Phi) is 4.91. The Morgan fingerprint density at radius 3 is 2.50 bits per heavy atom. The summed E-state index contributed by atoms with van der Waals surface area (Å²) in [4.78, 5) is 21.4. The number of nitrogens with two attached hydrogens (primary N) is 1. The van der Waals surface area contributed by atoms with E-state index in [-0.39, 0.29) is 39.6 Å². The van der Waals surface area contributed by atoms with Gasteiger partial charge in [0, 0.05) is 17.2 Å². The van der Waals surface area contributed by atoms with Crippen molar-refractivity contribution in [1.82, 2.24) is 0 Å². The number of rotatable bonds is 5. The average molecular weight is 353 g/mol. The van der Waals surface area contributed by atoms with Crippen LogP contribution in [-0.2, 0) is 11.2 Å². The van der Waals surface area contributed by atoms with Gasteiger partial charge in [-0.05, 0) is 36.2 Å². The standard InChI is InChI=1S/C15H13ClN2O6/c16-14-10(9-6-8(19)1-2-13(9)20)3-7(4-11(17)15(21)22)5-12(14)18(23)24/h1-3,5-6,11,19-20H,4,17H2,(H,21,22)/t11-/m0/s1. The van der Waals surface area contributed by atoms with E-state index >= 15 is 0 Å². The Labute approximate surface area is 140 Å². The van der Waals surface area contributed by atoms with Crippen molar-refractivity contribution >= 4 is 23.3 Å². The van der Waals surface area contributed by atoms with Crippen LogP contribution in [0.5, 0.6) is 11.5 Å². The van der Waals surface area contributed by atoms with Crippen LogP contribution in [0.25, 0.3) is 11.1 Å². The summed E-state index contributed by atoms with van der Waals surface area (Å²) in [6.07, 6.45) is -0.167. The number of nitro groups is 1. The lowest BCUT2D eigenvalue weighted by Gasteiger charge is -2.12. The number of nitro benzene ring substituents is 1.